The van der Waals surface area contributed by atoms with Gasteiger partial charge in [-0.1, -0.05) is 176 Å². The number of nitrogens with zero attached hydrogens (tertiary/aromatic N) is 1. The standard InChI is InChI=1S/C56H37NO/c1-2-14-40(15-3-1)52-30-13-31-54-53-33-32-47(37-55(53)58-56(52)54)57(46-25-10-23-44(36-46)51-29-12-19-39-17-5-7-27-49(39)51)45-24-9-21-42(35-45)41-20-8-22-43(34-41)50-28-11-18-38-16-4-6-26-48(38)50/h1-37H. The Bertz CT molecular complexity index is 3290. The molecule has 0 saturated heterocycles. The molecule has 1 aromatic heterocycles. The van der Waals surface area contributed by atoms with Gasteiger partial charge in [0.2, 0.25) is 0 Å². The summed E-state index contributed by atoms with van der Waals surface area (Å²) in [5, 5.41) is 7.17. The molecule has 272 valence electrons. The summed E-state index contributed by atoms with van der Waals surface area (Å²) in [4.78, 5) is 2.36. The summed E-state index contributed by atoms with van der Waals surface area (Å²) in [6.07, 6.45) is 0. The Balaban J connectivity index is 1.07. The van der Waals surface area contributed by atoms with Gasteiger partial charge in [0.1, 0.15) is 11.2 Å². The van der Waals surface area contributed by atoms with Crippen LogP contribution in [0.15, 0.2) is 229 Å². The number of para-hydroxylation sites is 1. The molecule has 0 spiro atoms. The average molecular weight is 740 g/mol. The van der Waals surface area contributed by atoms with Crippen molar-refractivity contribution in [2.75, 3.05) is 4.90 Å². The molecule has 1 heterocycles. The molecule has 0 aliphatic carbocycles. The Morgan fingerprint density at radius 3 is 1.45 bits per heavy atom. The van der Waals surface area contributed by atoms with Crippen molar-refractivity contribution in [2.45, 2.75) is 0 Å². The third-order valence-corrected chi connectivity index (χ3v) is 11.4. The van der Waals surface area contributed by atoms with Crippen LogP contribution in [0.4, 0.5) is 17.1 Å². The predicted octanol–water partition coefficient (Wildman–Crippen LogP) is 16.0. The molecular weight excluding hydrogens is 703 g/mol. The number of furan rings is 1. The molecule has 0 atom stereocenters. The van der Waals surface area contributed by atoms with Gasteiger partial charge in [0.05, 0.1) is 0 Å². The first kappa shape index (κ1) is 33.6. The minimum atomic E-state index is 0.852. The van der Waals surface area contributed by atoms with Crippen molar-refractivity contribution in [1.82, 2.24) is 0 Å². The van der Waals surface area contributed by atoms with Gasteiger partial charge >= 0.3 is 0 Å². The number of hydrogen-bond acceptors (Lipinski definition) is 2. The van der Waals surface area contributed by atoms with Gasteiger partial charge in [0.15, 0.2) is 0 Å². The average Bonchev–Trinajstić information content (AvgIpc) is 3.67. The van der Waals surface area contributed by atoms with Gasteiger partial charge in [0, 0.05) is 39.5 Å². The molecule has 0 bridgehead atoms. The van der Waals surface area contributed by atoms with E-state index < -0.39 is 0 Å². The highest BCUT2D eigenvalue weighted by molar-refractivity contribution is 6.10. The minimum absolute atomic E-state index is 0.852. The number of fused-ring (bicyclic) bond motifs is 5. The van der Waals surface area contributed by atoms with E-state index in [1.54, 1.807) is 0 Å². The van der Waals surface area contributed by atoms with Crippen LogP contribution in [0.2, 0.25) is 0 Å². The Kier molecular flexibility index (Phi) is 8.19. The maximum absolute atomic E-state index is 6.79. The Morgan fingerprint density at radius 1 is 0.276 bits per heavy atom. The van der Waals surface area contributed by atoms with E-state index in [0.29, 0.717) is 0 Å². The lowest BCUT2D eigenvalue weighted by Gasteiger charge is -2.26. The predicted molar refractivity (Wildman–Crippen MR) is 245 cm³/mol. The van der Waals surface area contributed by atoms with Crippen LogP contribution in [0, 0.1) is 0 Å². The van der Waals surface area contributed by atoms with E-state index in [1.165, 1.54) is 38.2 Å². The van der Waals surface area contributed by atoms with Crippen LogP contribution in [-0.4, -0.2) is 0 Å². The molecule has 58 heavy (non-hydrogen) atoms. The van der Waals surface area contributed by atoms with Gasteiger partial charge < -0.3 is 9.32 Å². The minimum Gasteiger partial charge on any atom is -0.455 e. The van der Waals surface area contributed by atoms with Crippen molar-refractivity contribution < 1.29 is 4.42 Å². The third kappa shape index (κ3) is 5.91. The molecule has 10 aromatic carbocycles. The van der Waals surface area contributed by atoms with Gasteiger partial charge in [-0.3, -0.25) is 0 Å². The lowest BCUT2D eigenvalue weighted by atomic mass is 9.95. The smallest absolute Gasteiger partial charge is 0.143 e. The van der Waals surface area contributed by atoms with Crippen molar-refractivity contribution in [1.29, 1.82) is 0 Å². The highest BCUT2D eigenvalue weighted by Crippen LogP contribution is 2.43. The lowest BCUT2D eigenvalue weighted by Crippen LogP contribution is -2.10. The van der Waals surface area contributed by atoms with Crippen LogP contribution >= 0.6 is 0 Å². The summed E-state index contributed by atoms with van der Waals surface area (Å²) in [5.41, 5.74) is 14.2. The molecule has 0 saturated carbocycles. The van der Waals surface area contributed by atoms with Crippen LogP contribution in [0.1, 0.15) is 0 Å². The maximum atomic E-state index is 6.79. The van der Waals surface area contributed by atoms with Crippen LogP contribution in [0.3, 0.4) is 0 Å². The van der Waals surface area contributed by atoms with E-state index in [9.17, 15) is 0 Å². The van der Waals surface area contributed by atoms with E-state index in [2.05, 4.69) is 229 Å². The number of anilines is 3. The molecule has 0 aliphatic heterocycles. The fourth-order valence-electron chi connectivity index (χ4n) is 8.68. The first-order valence-electron chi connectivity index (χ1n) is 19.8. The highest BCUT2D eigenvalue weighted by Gasteiger charge is 2.19. The van der Waals surface area contributed by atoms with Gasteiger partial charge in [-0.2, -0.15) is 0 Å². The van der Waals surface area contributed by atoms with Crippen molar-refractivity contribution in [3.8, 4) is 44.5 Å². The van der Waals surface area contributed by atoms with Gasteiger partial charge in [-0.15, -0.1) is 0 Å². The largest absolute Gasteiger partial charge is 0.455 e. The van der Waals surface area contributed by atoms with E-state index in [-0.39, 0.29) is 0 Å². The van der Waals surface area contributed by atoms with Crippen LogP contribution < -0.4 is 4.90 Å². The maximum Gasteiger partial charge on any atom is 0.143 e. The van der Waals surface area contributed by atoms with Crippen molar-refractivity contribution in [3.05, 3.63) is 224 Å². The summed E-state index contributed by atoms with van der Waals surface area (Å²) in [6.45, 7) is 0. The molecular formula is C56H37NO. The second kappa shape index (κ2) is 14.1. The van der Waals surface area contributed by atoms with E-state index >= 15 is 0 Å². The fourth-order valence-corrected chi connectivity index (χ4v) is 8.68. The van der Waals surface area contributed by atoms with Gasteiger partial charge in [0.25, 0.3) is 0 Å². The molecule has 11 aromatic rings. The first-order valence-corrected chi connectivity index (χ1v) is 19.8. The summed E-state index contributed by atoms with van der Waals surface area (Å²) >= 11 is 0. The number of rotatable bonds is 7. The second-order valence-electron chi connectivity index (χ2n) is 14.9. The zero-order valence-electron chi connectivity index (χ0n) is 31.7. The van der Waals surface area contributed by atoms with Crippen molar-refractivity contribution in [2.24, 2.45) is 0 Å². The first-order chi connectivity index (χ1) is 28.7. The van der Waals surface area contributed by atoms with Gasteiger partial charge in [-0.25, -0.2) is 0 Å². The molecule has 2 nitrogen and oxygen atoms in total. The number of benzene rings is 10. The summed E-state index contributed by atoms with van der Waals surface area (Å²) in [5.74, 6) is 0. The van der Waals surface area contributed by atoms with Gasteiger partial charge in [-0.05, 0) is 103 Å². The van der Waals surface area contributed by atoms with Crippen LogP contribution in [0.5, 0.6) is 0 Å². The van der Waals surface area contributed by atoms with E-state index in [0.717, 1.165) is 66.8 Å². The summed E-state index contributed by atoms with van der Waals surface area (Å²) in [7, 11) is 0. The fraction of sp³-hybridized carbons (Fsp3) is 0. The lowest BCUT2D eigenvalue weighted by molar-refractivity contribution is 0.670. The monoisotopic (exact) mass is 739 g/mol. The molecule has 0 N–H and O–H groups in total. The SMILES string of the molecule is c1ccc(-c2cccc3c2oc2cc(N(c4cccc(-c5cccc(-c6cccc7ccccc67)c5)c4)c4cccc(-c5cccc6ccccc56)c4)ccc23)cc1. The molecule has 0 aliphatic rings. The Morgan fingerprint density at radius 2 is 0.741 bits per heavy atom. The molecule has 0 fully saturated rings. The third-order valence-electron chi connectivity index (χ3n) is 11.4. The Labute approximate surface area is 337 Å². The quantitative estimate of drug-likeness (QED) is 0.162. The molecule has 2 heteroatoms. The highest BCUT2D eigenvalue weighted by atomic mass is 16.3. The summed E-state index contributed by atoms with van der Waals surface area (Å²) < 4.78 is 6.79. The molecule has 11 rings (SSSR count). The second-order valence-corrected chi connectivity index (χ2v) is 14.9. The molecule has 0 unspecified atom stereocenters. The van der Waals surface area contributed by atoms with Crippen LogP contribution in [-0.2, 0) is 0 Å². The van der Waals surface area contributed by atoms with Crippen molar-refractivity contribution >= 4 is 60.5 Å². The zero-order chi connectivity index (χ0) is 38.4. The summed E-state index contributed by atoms with van der Waals surface area (Å²) in [6, 6.07) is 80.6. The number of hydrogen-bond donors (Lipinski definition) is 0. The van der Waals surface area contributed by atoms with E-state index in [4.69, 9.17) is 4.42 Å². The molecule has 0 radical (unpaired) electrons. The van der Waals surface area contributed by atoms with Crippen LogP contribution in [0.25, 0.3) is 88.0 Å². The molecule has 0 amide bonds. The normalized spacial score (nSPS) is 11.4. The van der Waals surface area contributed by atoms with E-state index in [1.807, 2.05) is 0 Å². The Hall–Kier alpha value is -7.68. The topological polar surface area (TPSA) is 16.4 Å². The zero-order valence-corrected chi connectivity index (χ0v) is 31.7. The van der Waals surface area contributed by atoms with Crippen molar-refractivity contribution in [3.63, 3.8) is 0 Å².